The van der Waals surface area contributed by atoms with Gasteiger partial charge in [0, 0.05) is 25.7 Å². The highest BCUT2D eigenvalue weighted by Crippen LogP contribution is 2.30. The quantitative estimate of drug-likeness (QED) is 0.288. The van der Waals surface area contributed by atoms with Crippen LogP contribution in [-0.2, 0) is 35.0 Å². The van der Waals surface area contributed by atoms with Crippen molar-refractivity contribution in [3.8, 4) is 0 Å². The Balaban J connectivity index is 1.74. The molecule has 2 aromatic carbocycles. The van der Waals surface area contributed by atoms with E-state index in [1.165, 1.54) is 32.2 Å². The largest absolute Gasteiger partial charge is 0.433 e. The third kappa shape index (κ3) is 6.72. The predicted molar refractivity (Wildman–Crippen MR) is 128 cm³/mol. The van der Waals surface area contributed by atoms with Gasteiger partial charge < -0.3 is 10.6 Å². The molecule has 0 aliphatic carbocycles. The number of nitrogens with one attached hydrogen (secondary N) is 2. The van der Waals surface area contributed by atoms with Gasteiger partial charge in [0.2, 0.25) is 16.8 Å². The Morgan fingerprint density at radius 1 is 1.06 bits per heavy atom. The van der Waals surface area contributed by atoms with Gasteiger partial charge in [-0.05, 0) is 36.2 Å². The molecule has 0 saturated heterocycles. The summed E-state index contributed by atoms with van der Waals surface area (Å²) in [6.45, 7) is 1.63. The van der Waals surface area contributed by atoms with Crippen molar-refractivity contribution in [1.82, 2.24) is 10.3 Å². The minimum Gasteiger partial charge on any atom is -0.366 e. The first-order chi connectivity index (χ1) is 17.0. The van der Waals surface area contributed by atoms with Crippen LogP contribution in [0.3, 0.4) is 0 Å². The average Bonchev–Trinajstić information content (AvgIpc) is 2.85. The fourth-order valence-corrected chi connectivity index (χ4v) is 3.69. The number of pyridine rings is 1. The zero-order chi connectivity index (χ0) is 26.5. The topological polar surface area (TPSA) is 91.4 Å². The molecule has 2 N–H and O–H groups in total. The fourth-order valence-electron chi connectivity index (χ4n) is 3.35. The molecule has 1 aromatic heterocycles. The van der Waals surface area contributed by atoms with Crippen molar-refractivity contribution in [2.45, 2.75) is 32.1 Å². The van der Waals surface area contributed by atoms with E-state index in [1.54, 1.807) is 24.3 Å². The standard InChI is InChI=1S/C24H24F4N4O3S/c1-15(17-8-10-20(19(25)12-17)32(2)36(34)35)23(33)30-14-18-9-11-21(24(26,27)28)31-22(18)29-13-16-6-4-3-5-7-16/h3-12,15,36H,13-14H2,1-2H3,(H,29,31)(H,30,33). The van der Waals surface area contributed by atoms with E-state index in [0.29, 0.717) is 11.1 Å². The molecule has 12 heteroatoms. The van der Waals surface area contributed by atoms with Crippen molar-refractivity contribution in [3.05, 3.63) is 88.9 Å². The van der Waals surface area contributed by atoms with Crippen LogP contribution >= 0.6 is 0 Å². The van der Waals surface area contributed by atoms with Gasteiger partial charge in [0.25, 0.3) is 0 Å². The number of rotatable bonds is 9. The van der Waals surface area contributed by atoms with E-state index in [1.807, 2.05) is 6.07 Å². The maximum atomic E-state index is 14.4. The molecular weight excluding hydrogens is 500 g/mol. The number of benzene rings is 2. The van der Waals surface area contributed by atoms with Crippen LogP contribution in [-0.4, -0.2) is 26.4 Å². The summed E-state index contributed by atoms with van der Waals surface area (Å²) in [6, 6.07) is 14.9. The molecule has 1 unspecified atom stereocenters. The normalized spacial score (nSPS) is 12.3. The number of nitrogens with zero attached hydrogens (tertiary/aromatic N) is 2. The summed E-state index contributed by atoms with van der Waals surface area (Å²) in [5, 5.41) is 5.53. The number of anilines is 2. The summed E-state index contributed by atoms with van der Waals surface area (Å²) >= 11 is 0. The van der Waals surface area contributed by atoms with Gasteiger partial charge in [-0.1, -0.05) is 42.5 Å². The number of hydrogen-bond acceptors (Lipinski definition) is 5. The van der Waals surface area contributed by atoms with Crippen molar-refractivity contribution in [2.75, 3.05) is 16.7 Å². The van der Waals surface area contributed by atoms with E-state index in [9.17, 15) is 30.8 Å². The van der Waals surface area contributed by atoms with Crippen molar-refractivity contribution >= 4 is 28.3 Å². The summed E-state index contributed by atoms with van der Waals surface area (Å²) in [7, 11) is -1.83. The number of carbonyl (C=O) groups is 1. The highest BCUT2D eigenvalue weighted by atomic mass is 32.2. The smallest absolute Gasteiger partial charge is 0.366 e. The van der Waals surface area contributed by atoms with Gasteiger partial charge in [-0.25, -0.2) is 17.8 Å². The lowest BCUT2D eigenvalue weighted by atomic mass is 9.99. The molecule has 192 valence electrons. The Kier molecular flexibility index (Phi) is 8.51. The van der Waals surface area contributed by atoms with E-state index >= 15 is 0 Å². The molecule has 36 heavy (non-hydrogen) atoms. The number of halogens is 4. The zero-order valence-corrected chi connectivity index (χ0v) is 20.2. The molecule has 1 amide bonds. The summed E-state index contributed by atoms with van der Waals surface area (Å²) in [5.41, 5.74) is 0.241. The molecule has 3 aromatic rings. The summed E-state index contributed by atoms with van der Waals surface area (Å²) in [4.78, 5) is 16.4. The second kappa shape index (κ2) is 11.4. The van der Waals surface area contributed by atoms with Crippen LogP contribution in [0.15, 0.2) is 60.7 Å². The molecular formula is C24H24F4N4O3S. The minimum atomic E-state index is -4.64. The monoisotopic (exact) mass is 524 g/mol. The van der Waals surface area contributed by atoms with Crippen LogP contribution in [0.5, 0.6) is 0 Å². The molecule has 0 saturated carbocycles. The second-order valence-electron chi connectivity index (χ2n) is 7.95. The number of amides is 1. The van der Waals surface area contributed by atoms with Crippen molar-refractivity contribution in [2.24, 2.45) is 0 Å². The van der Waals surface area contributed by atoms with Gasteiger partial charge >= 0.3 is 6.18 Å². The molecule has 0 fully saturated rings. The molecule has 0 aliphatic heterocycles. The van der Waals surface area contributed by atoms with Crippen LogP contribution in [0.1, 0.15) is 35.2 Å². The van der Waals surface area contributed by atoms with Crippen LogP contribution in [0, 0.1) is 5.82 Å². The number of aromatic nitrogens is 1. The predicted octanol–water partition coefficient (Wildman–Crippen LogP) is 4.23. The van der Waals surface area contributed by atoms with Crippen LogP contribution < -0.4 is 14.9 Å². The third-order valence-corrected chi connectivity index (χ3v) is 6.19. The van der Waals surface area contributed by atoms with Crippen LogP contribution in [0.2, 0.25) is 0 Å². The SMILES string of the molecule is CC(C(=O)NCc1ccc(C(F)(F)F)nc1NCc1ccccc1)c1ccc(N(C)[SH](=O)=O)c(F)c1. The number of hydrogen-bond donors (Lipinski definition) is 3. The maximum Gasteiger partial charge on any atom is 0.433 e. The number of alkyl halides is 3. The highest BCUT2D eigenvalue weighted by Gasteiger charge is 2.33. The van der Waals surface area contributed by atoms with E-state index in [4.69, 9.17) is 0 Å². The van der Waals surface area contributed by atoms with Crippen molar-refractivity contribution in [3.63, 3.8) is 0 Å². The maximum absolute atomic E-state index is 14.4. The van der Waals surface area contributed by atoms with Gasteiger partial charge in [0.1, 0.15) is 17.3 Å². The van der Waals surface area contributed by atoms with Gasteiger partial charge in [0.05, 0.1) is 11.6 Å². The zero-order valence-electron chi connectivity index (χ0n) is 19.3. The molecule has 0 radical (unpaired) electrons. The molecule has 0 aliphatic rings. The number of carbonyl (C=O) groups excluding carboxylic acids is 1. The van der Waals surface area contributed by atoms with Gasteiger partial charge in [0.15, 0.2) is 0 Å². The van der Waals surface area contributed by atoms with Crippen molar-refractivity contribution < 1.29 is 30.8 Å². The Labute approximate surface area is 207 Å². The lowest BCUT2D eigenvalue weighted by Crippen LogP contribution is -2.28. The first kappa shape index (κ1) is 26.9. The third-order valence-electron chi connectivity index (χ3n) is 5.48. The van der Waals surface area contributed by atoms with E-state index in [0.717, 1.165) is 22.0 Å². The van der Waals surface area contributed by atoms with Gasteiger partial charge in [-0.15, -0.1) is 0 Å². The summed E-state index contributed by atoms with van der Waals surface area (Å²) < 4.78 is 76.9. The molecule has 1 atom stereocenters. The van der Waals surface area contributed by atoms with Crippen molar-refractivity contribution in [1.29, 1.82) is 0 Å². The van der Waals surface area contributed by atoms with Crippen LogP contribution in [0.25, 0.3) is 0 Å². The van der Waals surface area contributed by atoms with Gasteiger partial charge in [-0.2, -0.15) is 13.2 Å². The van der Waals surface area contributed by atoms with E-state index < -0.39 is 40.4 Å². The molecule has 0 spiro atoms. The lowest BCUT2D eigenvalue weighted by molar-refractivity contribution is -0.141. The average molecular weight is 525 g/mol. The van der Waals surface area contributed by atoms with Gasteiger partial charge in [-0.3, -0.25) is 9.10 Å². The Hall–Kier alpha value is -3.67. The Bertz CT molecular complexity index is 1290. The van der Waals surface area contributed by atoms with E-state index in [2.05, 4.69) is 15.6 Å². The van der Waals surface area contributed by atoms with Crippen LogP contribution in [0.4, 0.5) is 29.1 Å². The minimum absolute atomic E-state index is 0.0215. The molecule has 0 bridgehead atoms. The molecule has 3 rings (SSSR count). The highest BCUT2D eigenvalue weighted by molar-refractivity contribution is 7.74. The molecule has 7 nitrogen and oxygen atoms in total. The Morgan fingerprint density at radius 3 is 2.36 bits per heavy atom. The molecule has 1 heterocycles. The summed E-state index contributed by atoms with van der Waals surface area (Å²) in [5.74, 6) is -2.15. The Morgan fingerprint density at radius 2 is 1.75 bits per heavy atom. The second-order valence-corrected chi connectivity index (χ2v) is 9.03. The first-order valence-electron chi connectivity index (χ1n) is 10.8. The lowest BCUT2D eigenvalue weighted by Gasteiger charge is -2.18. The number of thiol groups is 1. The van der Waals surface area contributed by atoms with E-state index in [-0.39, 0.29) is 24.6 Å². The fraction of sp³-hybridized carbons (Fsp3) is 0.250. The summed E-state index contributed by atoms with van der Waals surface area (Å²) in [6.07, 6.45) is -4.64. The first-order valence-corrected chi connectivity index (χ1v) is 11.9.